The molecule has 1 aromatic carbocycles. The van der Waals surface area contributed by atoms with Crippen LogP contribution in [-0.4, -0.2) is 5.60 Å². The molecule has 0 N–H and O–H groups in total. The fourth-order valence-corrected chi connectivity index (χ4v) is 1.68. The number of nitrogens with zero attached hydrogens (tertiary/aromatic N) is 2. The highest BCUT2D eigenvalue weighted by atomic mass is 16.5. The molecule has 0 saturated carbocycles. The van der Waals surface area contributed by atoms with E-state index in [9.17, 15) is 0 Å². The van der Waals surface area contributed by atoms with Gasteiger partial charge in [-0.25, -0.2) is 0 Å². The van der Waals surface area contributed by atoms with Gasteiger partial charge in [0.25, 0.3) is 0 Å². The van der Waals surface area contributed by atoms with Crippen molar-refractivity contribution in [2.24, 2.45) is 5.92 Å². The Balaban J connectivity index is 2.40. The first-order valence-corrected chi connectivity index (χ1v) is 4.96. The van der Waals surface area contributed by atoms with E-state index >= 15 is 0 Å². The number of hydrogen-bond donors (Lipinski definition) is 0. The Morgan fingerprint density at radius 3 is 2.62 bits per heavy atom. The third-order valence-electron chi connectivity index (χ3n) is 2.67. The molecule has 0 aliphatic carbocycles. The van der Waals surface area contributed by atoms with E-state index in [0.717, 1.165) is 5.56 Å². The van der Waals surface area contributed by atoms with Gasteiger partial charge in [-0.05, 0) is 19.1 Å². The van der Waals surface area contributed by atoms with Gasteiger partial charge in [0.1, 0.15) is 5.75 Å². The minimum Gasteiger partial charge on any atom is -0.480 e. The molecule has 0 radical (unpaired) electrons. The van der Waals surface area contributed by atoms with Crippen LogP contribution in [0.4, 0.5) is 0 Å². The monoisotopic (exact) mass is 210 g/mol. The van der Waals surface area contributed by atoms with Crippen molar-refractivity contribution < 1.29 is 4.74 Å². The summed E-state index contributed by atoms with van der Waals surface area (Å²) in [6, 6.07) is 11.5. The Morgan fingerprint density at radius 2 is 1.94 bits per heavy atom. The van der Waals surface area contributed by atoms with Crippen molar-refractivity contribution in [3.05, 3.63) is 35.9 Å². The molecule has 1 heterocycles. The number of nitriles is 2. The molecule has 1 unspecified atom stereocenters. The zero-order chi connectivity index (χ0) is 11.6. The summed E-state index contributed by atoms with van der Waals surface area (Å²) in [4.78, 5) is 0. The zero-order valence-corrected chi connectivity index (χ0v) is 8.84. The highest BCUT2D eigenvalue weighted by molar-refractivity contribution is 5.61. The third kappa shape index (κ3) is 1.53. The van der Waals surface area contributed by atoms with E-state index in [1.807, 2.05) is 42.5 Å². The molecule has 3 heteroatoms. The highest BCUT2D eigenvalue weighted by Crippen LogP contribution is 2.34. The van der Waals surface area contributed by atoms with Gasteiger partial charge in [-0.2, -0.15) is 10.5 Å². The fourth-order valence-electron chi connectivity index (χ4n) is 1.68. The van der Waals surface area contributed by atoms with Gasteiger partial charge in [-0.1, -0.05) is 24.3 Å². The van der Waals surface area contributed by atoms with Crippen LogP contribution in [0.2, 0.25) is 0 Å². The second kappa shape index (κ2) is 3.72. The molecule has 0 spiro atoms. The predicted molar refractivity (Wildman–Crippen MR) is 59.2 cm³/mol. The molecule has 16 heavy (non-hydrogen) atoms. The molecule has 1 atom stereocenters. The summed E-state index contributed by atoms with van der Waals surface area (Å²) in [5.74, 6) is -0.0971. The average molecular weight is 210 g/mol. The minimum atomic E-state index is -0.863. The first-order valence-electron chi connectivity index (χ1n) is 4.96. The van der Waals surface area contributed by atoms with Gasteiger partial charge in [0.05, 0.1) is 12.1 Å². The zero-order valence-electron chi connectivity index (χ0n) is 8.84. The van der Waals surface area contributed by atoms with Crippen LogP contribution in [0, 0.1) is 28.6 Å². The van der Waals surface area contributed by atoms with Crippen molar-refractivity contribution in [2.45, 2.75) is 12.5 Å². The lowest BCUT2D eigenvalue weighted by molar-refractivity contribution is 0.116. The van der Waals surface area contributed by atoms with E-state index in [2.05, 4.69) is 0 Å². The maximum absolute atomic E-state index is 8.91. The molecule has 2 rings (SSSR count). The normalized spacial score (nSPS) is 21.8. The van der Waals surface area contributed by atoms with E-state index in [4.69, 9.17) is 15.3 Å². The summed E-state index contributed by atoms with van der Waals surface area (Å²) in [5, 5.41) is 17.8. The fraction of sp³-hybridized carbons (Fsp3) is 0.231. The molecular weight excluding hydrogens is 200 g/mol. The largest absolute Gasteiger partial charge is 0.480 e. The van der Waals surface area contributed by atoms with Crippen LogP contribution >= 0.6 is 0 Å². The number of hydrogen-bond acceptors (Lipinski definition) is 3. The van der Waals surface area contributed by atoms with Crippen LogP contribution in [0.15, 0.2) is 30.3 Å². The van der Waals surface area contributed by atoms with Gasteiger partial charge in [-0.15, -0.1) is 0 Å². The van der Waals surface area contributed by atoms with Crippen LogP contribution in [0.1, 0.15) is 12.5 Å². The van der Waals surface area contributed by atoms with Gasteiger partial charge in [0.2, 0.25) is 0 Å². The molecule has 3 nitrogen and oxygen atoms in total. The number of para-hydroxylation sites is 1. The summed E-state index contributed by atoms with van der Waals surface area (Å²) in [6.07, 6.45) is 3.66. The Hall–Kier alpha value is -2.26. The molecule has 0 fully saturated rings. The highest BCUT2D eigenvalue weighted by Gasteiger charge is 2.36. The van der Waals surface area contributed by atoms with Crippen molar-refractivity contribution in [1.82, 2.24) is 0 Å². The predicted octanol–water partition coefficient (Wildman–Crippen LogP) is 2.51. The molecule has 1 aliphatic heterocycles. The van der Waals surface area contributed by atoms with Gasteiger partial charge in [0, 0.05) is 5.56 Å². The van der Waals surface area contributed by atoms with Crippen LogP contribution in [0.3, 0.4) is 0 Å². The first-order chi connectivity index (χ1) is 7.69. The lowest BCUT2D eigenvalue weighted by Gasteiger charge is -2.32. The van der Waals surface area contributed by atoms with Crippen LogP contribution in [-0.2, 0) is 0 Å². The first kappa shape index (κ1) is 10.3. The second-order valence-electron chi connectivity index (χ2n) is 3.85. The van der Waals surface area contributed by atoms with Crippen LogP contribution in [0.5, 0.6) is 5.75 Å². The summed E-state index contributed by atoms with van der Waals surface area (Å²) in [6.45, 7) is 1.75. The summed E-state index contributed by atoms with van der Waals surface area (Å²) in [5.41, 5.74) is 0.104. The second-order valence-corrected chi connectivity index (χ2v) is 3.85. The van der Waals surface area contributed by atoms with Crippen molar-refractivity contribution in [2.75, 3.05) is 0 Å². The van der Waals surface area contributed by atoms with E-state index in [-0.39, 0.29) is 0 Å². The lowest BCUT2D eigenvalue weighted by Crippen LogP contribution is -2.39. The number of rotatable bonds is 1. The third-order valence-corrected chi connectivity index (χ3v) is 2.67. The van der Waals surface area contributed by atoms with Gasteiger partial charge in [0.15, 0.2) is 11.5 Å². The minimum absolute atomic E-state index is 0.711. The topological polar surface area (TPSA) is 56.8 Å². The smallest absolute Gasteiger partial charge is 0.176 e. The van der Waals surface area contributed by atoms with E-state index in [1.165, 1.54) is 0 Å². The summed E-state index contributed by atoms with van der Waals surface area (Å²) in [7, 11) is 0. The molecule has 78 valence electrons. The van der Waals surface area contributed by atoms with E-state index in [0.29, 0.717) is 5.75 Å². The summed E-state index contributed by atoms with van der Waals surface area (Å²) < 4.78 is 5.73. The Morgan fingerprint density at radius 1 is 1.25 bits per heavy atom. The summed E-state index contributed by atoms with van der Waals surface area (Å²) >= 11 is 0. The van der Waals surface area contributed by atoms with Crippen molar-refractivity contribution >= 4 is 6.08 Å². The maximum atomic E-state index is 8.91. The van der Waals surface area contributed by atoms with Crippen LogP contribution in [0.25, 0.3) is 6.08 Å². The number of benzene rings is 1. The van der Waals surface area contributed by atoms with E-state index < -0.39 is 11.5 Å². The van der Waals surface area contributed by atoms with Crippen LogP contribution < -0.4 is 4.74 Å². The molecule has 0 aromatic heterocycles. The molecule has 0 bridgehead atoms. The quantitative estimate of drug-likeness (QED) is 0.715. The number of fused-ring (bicyclic) bond motifs is 1. The van der Waals surface area contributed by atoms with Gasteiger partial charge >= 0.3 is 0 Å². The SMILES string of the molecule is CC1(C(C#N)C#N)C=Cc2ccccc2O1. The Bertz CT molecular complexity index is 507. The average Bonchev–Trinajstić information content (AvgIpc) is 2.30. The standard InChI is InChI=1S/C13H10N2O/c1-13(11(8-14)9-15)7-6-10-4-2-3-5-12(10)16-13/h2-7,11H,1H3. The van der Waals surface area contributed by atoms with Crippen molar-refractivity contribution in [1.29, 1.82) is 10.5 Å². The number of ether oxygens (including phenoxy) is 1. The van der Waals surface area contributed by atoms with Crippen molar-refractivity contribution in [3.63, 3.8) is 0 Å². The molecule has 0 amide bonds. The maximum Gasteiger partial charge on any atom is 0.176 e. The molecule has 1 aliphatic rings. The Kier molecular flexibility index (Phi) is 2.38. The molecule has 1 aromatic rings. The van der Waals surface area contributed by atoms with E-state index in [1.54, 1.807) is 13.0 Å². The van der Waals surface area contributed by atoms with Crippen molar-refractivity contribution in [3.8, 4) is 17.9 Å². The Labute approximate surface area is 94.2 Å². The lowest BCUT2D eigenvalue weighted by atomic mass is 9.88. The molecule has 0 saturated heterocycles. The van der Waals surface area contributed by atoms with Gasteiger partial charge < -0.3 is 4.74 Å². The van der Waals surface area contributed by atoms with Gasteiger partial charge in [-0.3, -0.25) is 0 Å². The molecular formula is C13H10N2O.